The molecule has 1 aliphatic rings. The van der Waals surface area contributed by atoms with E-state index < -0.39 is 11.0 Å². The number of ether oxygens (including phenoxy) is 1. The lowest BCUT2D eigenvalue weighted by molar-refractivity contribution is -0.124. The maximum atomic E-state index is 12.8. The summed E-state index contributed by atoms with van der Waals surface area (Å²) in [4.78, 5) is 32.6. The van der Waals surface area contributed by atoms with Crippen LogP contribution in [0.2, 0.25) is 5.02 Å². The van der Waals surface area contributed by atoms with Crippen LogP contribution in [0.4, 0.5) is 5.82 Å². The molecule has 7 nitrogen and oxygen atoms in total. The second kappa shape index (κ2) is 12.4. The number of aromatic nitrogens is 1. The van der Waals surface area contributed by atoms with E-state index in [0.717, 1.165) is 61.3 Å². The number of rotatable bonds is 12. The van der Waals surface area contributed by atoms with Crippen LogP contribution in [0.3, 0.4) is 0 Å². The Morgan fingerprint density at radius 1 is 1.30 bits per heavy atom. The fourth-order valence-electron chi connectivity index (χ4n) is 5.33. The van der Waals surface area contributed by atoms with Gasteiger partial charge in [-0.1, -0.05) is 17.7 Å². The fourth-order valence-corrected chi connectivity index (χ4v) is 5.50. The summed E-state index contributed by atoms with van der Waals surface area (Å²) in [6.45, 7) is 10.5. The lowest BCUT2D eigenvalue weighted by Crippen LogP contribution is -2.47. The van der Waals surface area contributed by atoms with E-state index in [1.165, 1.54) is 0 Å². The van der Waals surface area contributed by atoms with Crippen molar-refractivity contribution in [1.29, 1.82) is 0 Å². The molecule has 2 heterocycles. The van der Waals surface area contributed by atoms with Crippen LogP contribution in [-0.2, 0) is 21.4 Å². The normalized spacial score (nSPS) is 15.9. The highest BCUT2D eigenvalue weighted by molar-refractivity contribution is 6.30. The van der Waals surface area contributed by atoms with Gasteiger partial charge in [0, 0.05) is 31.6 Å². The van der Waals surface area contributed by atoms with Crippen LogP contribution in [0.5, 0.6) is 5.75 Å². The Morgan fingerprint density at radius 2 is 2.00 bits per heavy atom. The summed E-state index contributed by atoms with van der Waals surface area (Å²) in [7, 11) is 1.88. The minimum atomic E-state index is -0.868. The number of aryl methyl sites for hydroxylation is 2. The number of carbonyl (C=O) groups excluding carboxylic acids is 2. The summed E-state index contributed by atoms with van der Waals surface area (Å²) < 4.78 is 6.04. The van der Waals surface area contributed by atoms with Gasteiger partial charge in [0.15, 0.2) is 0 Å². The first kappa shape index (κ1) is 29.1. The average Bonchev–Trinajstić information content (AvgIpc) is 2.83. The highest BCUT2D eigenvalue weighted by atomic mass is 35.5. The smallest absolute Gasteiger partial charge is 0.140 e. The number of hydrogen-bond donors (Lipinski definition) is 1. The fraction of sp³-hybridized carbons (Fsp3) is 0.552. The number of benzene rings is 1. The first-order chi connectivity index (χ1) is 17.4. The lowest BCUT2D eigenvalue weighted by atomic mass is 9.69. The number of piperidine rings is 1. The van der Waals surface area contributed by atoms with E-state index in [-0.39, 0.29) is 5.78 Å². The molecule has 3 rings (SSSR count). The van der Waals surface area contributed by atoms with Gasteiger partial charge in [0.05, 0.1) is 17.2 Å². The molecule has 1 saturated heterocycles. The van der Waals surface area contributed by atoms with Crippen LogP contribution in [-0.4, -0.2) is 72.5 Å². The van der Waals surface area contributed by atoms with Gasteiger partial charge >= 0.3 is 0 Å². The van der Waals surface area contributed by atoms with Crippen molar-refractivity contribution in [2.75, 3.05) is 44.7 Å². The van der Waals surface area contributed by atoms with E-state index in [4.69, 9.17) is 16.3 Å². The van der Waals surface area contributed by atoms with Gasteiger partial charge in [-0.15, -0.1) is 0 Å². The molecule has 0 amide bonds. The molecule has 0 unspecified atom stereocenters. The number of anilines is 1. The maximum absolute atomic E-state index is 12.8. The molecule has 1 aliphatic heterocycles. The Morgan fingerprint density at radius 3 is 2.62 bits per heavy atom. The minimum Gasteiger partial charge on any atom is -0.491 e. The number of halogens is 1. The molecule has 0 aliphatic carbocycles. The van der Waals surface area contributed by atoms with Crippen molar-refractivity contribution >= 4 is 29.5 Å². The Labute approximate surface area is 225 Å². The van der Waals surface area contributed by atoms with Crippen LogP contribution < -0.4 is 9.64 Å². The molecule has 0 radical (unpaired) electrons. The van der Waals surface area contributed by atoms with E-state index in [0.29, 0.717) is 36.8 Å². The third kappa shape index (κ3) is 7.53. The molecular weight excluding hydrogens is 490 g/mol. The zero-order chi connectivity index (χ0) is 27.2. The van der Waals surface area contributed by atoms with Crippen molar-refractivity contribution in [2.45, 2.75) is 64.4 Å². The molecule has 37 heavy (non-hydrogen) atoms. The molecule has 1 aromatic heterocycles. The summed E-state index contributed by atoms with van der Waals surface area (Å²) in [6.07, 6.45) is 5.05. The van der Waals surface area contributed by atoms with Gasteiger partial charge in [-0.3, -0.25) is 9.69 Å². The van der Waals surface area contributed by atoms with Gasteiger partial charge in [0.25, 0.3) is 0 Å². The Hall–Kier alpha value is -2.48. The Balaban J connectivity index is 1.61. The monoisotopic (exact) mass is 529 g/mol. The second-order valence-corrected chi connectivity index (χ2v) is 11.3. The summed E-state index contributed by atoms with van der Waals surface area (Å²) in [5.41, 5.74) is 1.71. The molecule has 2 aromatic rings. The van der Waals surface area contributed by atoms with E-state index in [1.807, 2.05) is 43.1 Å². The number of pyridine rings is 1. The van der Waals surface area contributed by atoms with E-state index in [9.17, 15) is 14.7 Å². The number of likely N-dealkylation sites (N-methyl/N-ethyl adjacent to an activating group) is 1. The molecule has 1 N–H and O–H groups in total. The first-order valence-corrected chi connectivity index (χ1v) is 13.3. The van der Waals surface area contributed by atoms with E-state index in [2.05, 4.69) is 9.88 Å². The molecule has 1 aromatic carbocycles. The van der Waals surface area contributed by atoms with Crippen molar-refractivity contribution in [3.8, 4) is 5.75 Å². The van der Waals surface area contributed by atoms with Gasteiger partial charge in [-0.25, -0.2) is 4.98 Å². The molecule has 0 atom stereocenters. The Bertz CT molecular complexity index is 1090. The quantitative estimate of drug-likeness (QED) is 0.408. The van der Waals surface area contributed by atoms with Gasteiger partial charge in [0.2, 0.25) is 0 Å². The van der Waals surface area contributed by atoms with Crippen LogP contribution >= 0.6 is 11.6 Å². The second-order valence-electron chi connectivity index (χ2n) is 10.8. The third-order valence-electron chi connectivity index (χ3n) is 7.21. The standard InChI is InChI=1S/C29H40ClN3O4/c1-21-8-9-24(30)18-26(21)29(22(2)35)10-12-33(13-11-29)14-16-37-25-17-23(7-6-15-34)27(31-19-25)32(5)20-28(3,4)36/h8-9,15,17-19,36H,6-7,10-14,16,20H2,1-5H3. The maximum Gasteiger partial charge on any atom is 0.140 e. The molecule has 202 valence electrons. The number of ketones is 1. The summed E-state index contributed by atoms with van der Waals surface area (Å²) in [5.74, 6) is 1.59. The number of Topliss-reactive ketones (excluding diaryl/α,β-unsaturated/α-hetero) is 1. The first-order valence-electron chi connectivity index (χ1n) is 12.9. The number of nitrogens with zero attached hydrogens (tertiary/aromatic N) is 3. The van der Waals surface area contributed by atoms with Gasteiger partial charge in [-0.05, 0) is 94.9 Å². The van der Waals surface area contributed by atoms with Gasteiger partial charge in [-0.2, -0.15) is 0 Å². The molecule has 0 spiro atoms. The number of hydrogen-bond acceptors (Lipinski definition) is 7. The van der Waals surface area contributed by atoms with Crippen molar-refractivity contribution in [1.82, 2.24) is 9.88 Å². The van der Waals surface area contributed by atoms with Crippen molar-refractivity contribution in [3.05, 3.63) is 52.2 Å². The lowest BCUT2D eigenvalue weighted by Gasteiger charge is -2.41. The van der Waals surface area contributed by atoms with Crippen LogP contribution in [0.25, 0.3) is 0 Å². The summed E-state index contributed by atoms with van der Waals surface area (Å²) in [5, 5.41) is 10.8. The largest absolute Gasteiger partial charge is 0.491 e. The predicted molar refractivity (Wildman–Crippen MR) is 148 cm³/mol. The van der Waals surface area contributed by atoms with E-state index in [1.54, 1.807) is 27.0 Å². The number of carbonyl (C=O) groups is 2. The molecule has 1 fully saturated rings. The highest BCUT2D eigenvalue weighted by Crippen LogP contribution is 2.39. The zero-order valence-electron chi connectivity index (χ0n) is 22.7. The van der Waals surface area contributed by atoms with Crippen molar-refractivity contribution < 1.29 is 19.4 Å². The van der Waals surface area contributed by atoms with Crippen molar-refractivity contribution in [3.63, 3.8) is 0 Å². The molecule has 0 bridgehead atoms. The topological polar surface area (TPSA) is 83.0 Å². The molecular formula is C29H40ClN3O4. The minimum absolute atomic E-state index is 0.192. The van der Waals surface area contributed by atoms with Crippen LogP contribution in [0.1, 0.15) is 56.7 Å². The molecule has 8 heteroatoms. The van der Waals surface area contributed by atoms with Gasteiger partial charge in [0.1, 0.15) is 30.2 Å². The number of aldehydes is 1. The van der Waals surface area contributed by atoms with Crippen LogP contribution in [0, 0.1) is 6.92 Å². The highest BCUT2D eigenvalue weighted by Gasteiger charge is 2.41. The Kier molecular flexibility index (Phi) is 9.73. The van der Waals surface area contributed by atoms with Gasteiger partial charge < -0.3 is 19.5 Å². The summed E-state index contributed by atoms with van der Waals surface area (Å²) in [6, 6.07) is 7.76. The number of likely N-dealkylation sites (tertiary alicyclic amines) is 1. The van der Waals surface area contributed by atoms with Crippen molar-refractivity contribution in [2.24, 2.45) is 0 Å². The molecule has 0 saturated carbocycles. The predicted octanol–water partition coefficient (Wildman–Crippen LogP) is 4.38. The summed E-state index contributed by atoms with van der Waals surface area (Å²) >= 11 is 6.28. The number of aliphatic hydroxyl groups is 1. The third-order valence-corrected chi connectivity index (χ3v) is 7.45. The zero-order valence-corrected chi connectivity index (χ0v) is 23.5. The van der Waals surface area contributed by atoms with E-state index >= 15 is 0 Å². The average molecular weight is 530 g/mol. The SMILES string of the molecule is CC(=O)C1(c2cc(Cl)ccc2C)CCN(CCOc2cnc(N(C)CC(C)(C)O)c(CCC=O)c2)CC1. The van der Waals surface area contributed by atoms with Crippen LogP contribution in [0.15, 0.2) is 30.5 Å².